The van der Waals surface area contributed by atoms with Gasteiger partial charge in [0.2, 0.25) is 0 Å². The van der Waals surface area contributed by atoms with Crippen molar-refractivity contribution >= 4 is 15.9 Å². The van der Waals surface area contributed by atoms with E-state index >= 15 is 0 Å². The molecule has 3 heteroatoms. The second-order valence-corrected chi connectivity index (χ2v) is 5.19. The summed E-state index contributed by atoms with van der Waals surface area (Å²) in [4.78, 5) is 0. The van der Waals surface area contributed by atoms with Gasteiger partial charge in [0.05, 0.1) is 6.61 Å². The van der Waals surface area contributed by atoms with Crippen LogP contribution in [0.3, 0.4) is 0 Å². The first-order valence-electron chi connectivity index (χ1n) is 5.74. The van der Waals surface area contributed by atoms with E-state index in [0.29, 0.717) is 0 Å². The van der Waals surface area contributed by atoms with E-state index in [2.05, 4.69) is 22.0 Å². The molecule has 0 heterocycles. The van der Waals surface area contributed by atoms with Crippen LogP contribution in [0.5, 0.6) is 11.5 Å². The number of hydrogen-bond acceptors (Lipinski definition) is 2. The maximum absolute atomic E-state index is 9.10. The Bertz CT molecular complexity index is 544. The van der Waals surface area contributed by atoms with Gasteiger partial charge in [-0.2, -0.15) is 0 Å². The predicted molar refractivity (Wildman–Crippen MR) is 76.1 cm³/mol. The molecule has 0 amide bonds. The number of aliphatic hydroxyl groups is 1. The molecule has 0 unspecified atom stereocenters. The smallest absolute Gasteiger partial charge is 0.128 e. The first-order valence-corrected chi connectivity index (χ1v) is 6.53. The normalized spacial score (nSPS) is 10.4. The van der Waals surface area contributed by atoms with E-state index in [9.17, 15) is 0 Å². The van der Waals surface area contributed by atoms with Gasteiger partial charge in [-0.1, -0.05) is 28.1 Å². The summed E-state index contributed by atoms with van der Waals surface area (Å²) in [5, 5.41) is 9.10. The fourth-order valence-corrected chi connectivity index (χ4v) is 2.33. The van der Waals surface area contributed by atoms with Gasteiger partial charge in [0.15, 0.2) is 0 Å². The van der Waals surface area contributed by atoms with Crippen molar-refractivity contribution in [3.05, 3.63) is 57.6 Å². The van der Waals surface area contributed by atoms with Crippen molar-refractivity contribution in [1.82, 2.24) is 0 Å². The number of aryl methyl sites for hydroxylation is 2. The number of benzene rings is 2. The molecule has 0 spiro atoms. The highest BCUT2D eigenvalue weighted by molar-refractivity contribution is 9.10. The lowest BCUT2D eigenvalue weighted by Gasteiger charge is -2.09. The summed E-state index contributed by atoms with van der Waals surface area (Å²) in [5.74, 6) is 1.58. The van der Waals surface area contributed by atoms with Gasteiger partial charge in [0, 0.05) is 4.47 Å². The number of hydrogen-bond donors (Lipinski definition) is 1. The van der Waals surface area contributed by atoms with Gasteiger partial charge in [0.1, 0.15) is 11.5 Å². The minimum atomic E-state index is 0.0183. The summed E-state index contributed by atoms with van der Waals surface area (Å²) < 4.78 is 6.66. The molecule has 0 aromatic heterocycles. The highest BCUT2D eigenvalue weighted by Crippen LogP contribution is 2.28. The summed E-state index contributed by atoms with van der Waals surface area (Å²) in [6.45, 7) is 4.11. The number of halogens is 1. The van der Waals surface area contributed by atoms with E-state index in [1.54, 1.807) is 0 Å². The molecule has 1 N–H and O–H groups in total. The Balaban J connectivity index is 2.25. The van der Waals surface area contributed by atoms with Crippen LogP contribution >= 0.6 is 15.9 Å². The summed E-state index contributed by atoms with van der Waals surface area (Å²) in [5.41, 5.74) is 3.20. The summed E-state index contributed by atoms with van der Waals surface area (Å²) in [7, 11) is 0. The predicted octanol–water partition coefficient (Wildman–Crippen LogP) is 4.35. The third-order valence-electron chi connectivity index (χ3n) is 2.63. The number of rotatable bonds is 3. The second kappa shape index (κ2) is 5.55. The molecule has 0 saturated carbocycles. The molecule has 2 nitrogen and oxygen atoms in total. The van der Waals surface area contributed by atoms with E-state index < -0.39 is 0 Å². The molecule has 0 saturated heterocycles. The fourth-order valence-electron chi connectivity index (χ4n) is 1.85. The average Bonchev–Trinajstić information content (AvgIpc) is 2.27. The third kappa shape index (κ3) is 3.12. The van der Waals surface area contributed by atoms with Crippen molar-refractivity contribution in [1.29, 1.82) is 0 Å². The van der Waals surface area contributed by atoms with Crippen LogP contribution in [0.2, 0.25) is 0 Å². The average molecular weight is 307 g/mol. The van der Waals surface area contributed by atoms with Crippen LogP contribution in [0.25, 0.3) is 0 Å². The topological polar surface area (TPSA) is 29.5 Å². The molecule has 0 aliphatic carbocycles. The van der Waals surface area contributed by atoms with Crippen LogP contribution in [-0.4, -0.2) is 5.11 Å². The molecule has 0 radical (unpaired) electrons. The van der Waals surface area contributed by atoms with Crippen LogP contribution in [0, 0.1) is 13.8 Å². The maximum Gasteiger partial charge on any atom is 0.128 e. The minimum Gasteiger partial charge on any atom is -0.457 e. The quantitative estimate of drug-likeness (QED) is 0.913. The first-order chi connectivity index (χ1) is 8.58. The highest BCUT2D eigenvalue weighted by atomic mass is 79.9. The largest absolute Gasteiger partial charge is 0.457 e. The Morgan fingerprint density at radius 1 is 1.00 bits per heavy atom. The maximum atomic E-state index is 9.10. The molecule has 0 atom stereocenters. The lowest BCUT2D eigenvalue weighted by molar-refractivity contribution is 0.281. The molecule has 2 aromatic carbocycles. The SMILES string of the molecule is Cc1cc(C)cc(Oc2ccc(CO)c(Br)c2)c1. The first kappa shape index (κ1) is 13.1. The molecule has 0 bridgehead atoms. The van der Waals surface area contributed by atoms with Crippen molar-refractivity contribution in [3.63, 3.8) is 0 Å². The van der Waals surface area contributed by atoms with Crippen molar-refractivity contribution in [3.8, 4) is 11.5 Å². The fraction of sp³-hybridized carbons (Fsp3) is 0.200. The van der Waals surface area contributed by atoms with Crippen LogP contribution < -0.4 is 4.74 Å². The zero-order chi connectivity index (χ0) is 13.1. The Kier molecular flexibility index (Phi) is 4.04. The van der Waals surface area contributed by atoms with Crippen LogP contribution in [0.1, 0.15) is 16.7 Å². The number of ether oxygens (including phenoxy) is 1. The van der Waals surface area contributed by atoms with Gasteiger partial charge in [-0.25, -0.2) is 0 Å². The standard InChI is InChI=1S/C15H15BrO2/c1-10-5-11(2)7-14(6-10)18-13-4-3-12(9-17)15(16)8-13/h3-8,17H,9H2,1-2H3. The van der Waals surface area contributed by atoms with Crippen LogP contribution in [0.15, 0.2) is 40.9 Å². The van der Waals surface area contributed by atoms with Crippen LogP contribution in [-0.2, 0) is 6.61 Å². The van der Waals surface area contributed by atoms with E-state index in [4.69, 9.17) is 9.84 Å². The zero-order valence-electron chi connectivity index (χ0n) is 10.4. The summed E-state index contributed by atoms with van der Waals surface area (Å²) >= 11 is 3.41. The molecule has 18 heavy (non-hydrogen) atoms. The lowest BCUT2D eigenvalue weighted by atomic mass is 10.1. The molecule has 2 aromatic rings. The summed E-state index contributed by atoms with van der Waals surface area (Å²) in [6, 6.07) is 11.7. The van der Waals surface area contributed by atoms with Gasteiger partial charge >= 0.3 is 0 Å². The summed E-state index contributed by atoms with van der Waals surface area (Å²) in [6.07, 6.45) is 0. The van der Waals surface area contributed by atoms with Crippen LogP contribution in [0.4, 0.5) is 0 Å². The van der Waals surface area contributed by atoms with E-state index in [1.807, 2.05) is 44.2 Å². The van der Waals surface area contributed by atoms with E-state index in [0.717, 1.165) is 21.5 Å². The molecule has 0 aliphatic heterocycles. The lowest BCUT2D eigenvalue weighted by Crippen LogP contribution is -1.89. The molecule has 94 valence electrons. The molecule has 0 fully saturated rings. The third-order valence-corrected chi connectivity index (χ3v) is 3.36. The van der Waals surface area contributed by atoms with E-state index in [-0.39, 0.29) is 6.61 Å². The van der Waals surface area contributed by atoms with Gasteiger partial charge in [-0.05, 0) is 54.8 Å². The van der Waals surface area contributed by atoms with Crippen molar-refractivity contribution < 1.29 is 9.84 Å². The molecular formula is C15H15BrO2. The van der Waals surface area contributed by atoms with Crippen molar-refractivity contribution in [2.45, 2.75) is 20.5 Å². The van der Waals surface area contributed by atoms with Gasteiger partial charge in [0.25, 0.3) is 0 Å². The Hall–Kier alpha value is -1.32. The number of aliphatic hydroxyl groups excluding tert-OH is 1. The van der Waals surface area contributed by atoms with Gasteiger partial charge in [-0.3, -0.25) is 0 Å². The Morgan fingerprint density at radius 3 is 2.22 bits per heavy atom. The van der Waals surface area contributed by atoms with E-state index in [1.165, 1.54) is 11.1 Å². The zero-order valence-corrected chi connectivity index (χ0v) is 12.0. The molecule has 2 rings (SSSR count). The van der Waals surface area contributed by atoms with Crippen molar-refractivity contribution in [2.75, 3.05) is 0 Å². The molecular weight excluding hydrogens is 292 g/mol. The Morgan fingerprint density at radius 2 is 1.67 bits per heavy atom. The Labute approximate surface area is 115 Å². The second-order valence-electron chi connectivity index (χ2n) is 4.34. The van der Waals surface area contributed by atoms with Gasteiger partial charge in [-0.15, -0.1) is 0 Å². The highest BCUT2D eigenvalue weighted by Gasteiger charge is 2.03. The van der Waals surface area contributed by atoms with Gasteiger partial charge < -0.3 is 9.84 Å². The monoisotopic (exact) mass is 306 g/mol. The minimum absolute atomic E-state index is 0.0183. The molecule has 0 aliphatic rings. The van der Waals surface area contributed by atoms with Crippen molar-refractivity contribution in [2.24, 2.45) is 0 Å².